The van der Waals surface area contributed by atoms with Gasteiger partial charge in [0.1, 0.15) is 12.1 Å². The van der Waals surface area contributed by atoms with E-state index in [1.807, 2.05) is 24.3 Å². The van der Waals surface area contributed by atoms with Gasteiger partial charge in [-0.3, -0.25) is 14.7 Å². The molecule has 0 radical (unpaired) electrons. The van der Waals surface area contributed by atoms with Gasteiger partial charge in [0, 0.05) is 12.6 Å². The molecular weight excluding hydrogens is 330 g/mol. The average Bonchev–Trinajstić information content (AvgIpc) is 3.03. The highest BCUT2D eigenvalue weighted by molar-refractivity contribution is 8.00. The summed E-state index contributed by atoms with van der Waals surface area (Å²) in [5.74, 6) is 0.310. The van der Waals surface area contributed by atoms with Gasteiger partial charge in [0.15, 0.2) is 5.16 Å². The largest absolute Gasteiger partial charge is 0.497 e. The molecule has 1 aromatic carbocycles. The maximum absolute atomic E-state index is 12.0. The third-order valence-corrected chi connectivity index (χ3v) is 4.13. The van der Waals surface area contributed by atoms with E-state index in [1.54, 1.807) is 31.9 Å². The molecule has 3 amide bonds. The summed E-state index contributed by atoms with van der Waals surface area (Å²) in [6, 6.07) is 6.91. The molecule has 1 aromatic heterocycles. The van der Waals surface area contributed by atoms with Gasteiger partial charge in [-0.05, 0) is 26.0 Å². The van der Waals surface area contributed by atoms with Crippen LogP contribution in [0, 0.1) is 0 Å². The number of hydrogen-bond donors (Lipinski definition) is 2. The summed E-state index contributed by atoms with van der Waals surface area (Å²) in [6.07, 6.45) is 1.56. The van der Waals surface area contributed by atoms with E-state index in [-0.39, 0.29) is 0 Å². The molecule has 0 fully saturated rings. The lowest BCUT2D eigenvalue weighted by molar-refractivity contribution is -0.119. The summed E-state index contributed by atoms with van der Waals surface area (Å²) >= 11 is 1.21. The lowest BCUT2D eigenvalue weighted by Gasteiger charge is -2.12. The number of thioether (sulfide) groups is 1. The van der Waals surface area contributed by atoms with E-state index in [2.05, 4.69) is 20.8 Å². The molecule has 0 aliphatic rings. The van der Waals surface area contributed by atoms with Crippen LogP contribution in [0.3, 0.4) is 0 Å². The summed E-state index contributed by atoms with van der Waals surface area (Å²) in [6.45, 7) is 3.92. The van der Waals surface area contributed by atoms with Crippen LogP contribution in [-0.4, -0.2) is 45.6 Å². The third-order valence-electron chi connectivity index (χ3n) is 3.07. The quantitative estimate of drug-likeness (QED) is 0.769. The van der Waals surface area contributed by atoms with E-state index >= 15 is 0 Å². The van der Waals surface area contributed by atoms with Gasteiger partial charge in [0.2, 0.25) is 5.91 Å². The maximum atomic E-state index is 12.0. The first-order valence-corrected chi connectivity index (χ1v) is 8.23. The molecule has 128 valence electrons. The molecule has 0 aliphatic carbocycles. The van der Waals surface area contributed by atoms with Gasteiger partial charge in [-0.25, -0.2) is 4.79 Å². The van der Waals surface area contributed by atoms with E-state index < -0.39 is 17.2 Å². The van der Waals surface area contributed by atoms with Crippen LogP contribution in [0.15, 0.2) is 35.7 Å². The Morgan fingerprint density at radius 2 is 2.21 bits per heavy atom. The molecule has 0 aliphatic heterocycles. The molecular formula is C15H19N5O3S. The van der Waals surface area contributed by atoms with Gasteiger partial charge >= 0.3 is 6.03 Å². The number of urea groups is 1. The molecule has 24 heavy (non-hydrogen) atoms. The fourth-order valence-corrected chi connectivity index (χ4v) is 2.71. The minimum atomic E-state index is -0.513. The van der Waals surface area contributed by atoms with Crippen LogP contribution < -0.4 is 15.4 Å². The highest BCUT2D eigenvalue weighted by atomic mass is 32.2. The first-order chi connectivity index (χ1) is 11.5. The number of imide groups is 1. The fraction of sp³-hybridized carbons (Fsp3) is 0.333. The normalized spacial score (nSPS) is 11.6. The number of benzene rings is 1. The number of aromatic nitrogens is 3. The zero-order valence-electron chi connectivity index (χ0n) is 13.6. The molecule has 1 heterocycles. The lowest BCUT2D eigenvalue weighted by Crippen LogP contribution is -2.42. The van der Waals surface area contributed by atoms with Gasteiger partial charge in [0.25, 0.3) is 0 Å². The molecule has 8 nitrogen and oxygen atoms in total. The molecule has 0 saturated heterocycles. The summed E-state index contributed by atoms with van der Waals surface area (Å²) in [4.78, 5) is 23.5. The first kappa shape index (κ1) is 17.8. The number of nitrogens with zero attached hydrogens (tertiary/aromatic N) is 3. The molecule has 1 atom stereocenters. The van der Waals surface area contributed by atoms with Crippen molar-refractivity contribution in [2.45, 2.75) is 24.3 Å². The molecule has 2 N–H and O–H groups in total. The van der Waals surface area contributed by atoms with Gasteiger partial charge in [-0.15, -0.1) is 10.2 Å². The van der Waals surface area contributed by atoms with Crippen molar-refractivity contribution in [3.8, 4) is 11.4 Å². The summed E-state index contributed by atoms with van der Waals surface area (Å²) in [7, 11) is 1.59. The molecule has 0 spiro atoms. The van der Waals surface area contributed by atoms with Crippen molar-refractivity contribution in [1.82, 2.24) is 25.4 Å². The minimum absolute atomic E-state index is 0.397. The van der Waals surface area contributed by atoms with Crippen molar-refractivity contribution < 1.29 is 14.3 Å². The molecule has 0 bridgehead atoms. The molecule has 1 unspecified atom stereocenters. The van der Waals surface area contributed by atoms with Crippen molar-refractivity contribution in [3.05, 3.63) is 30.6 Å². The Morgan fingerprint density at radius 1 is 1.42 bits per heavy atom. The Labute approximate surface area is 144 Å². The second-order valence-electron chi connectivity index (χ2n) is 4.79. The molecule has 9 heteroatoms. The fourth-order valence-electron chi connectivity index (χ4n) is 1.87. The van der Waals surface area contributed by atoms with Crippen LogP contribution in [-0.2, 0) is 4.79 Å². The zero-order chi connectivity index (χ0) is 17.5. The van der Waals surface area contributed by atoms with Crippen LogP contribution in [0.5, 0.6) is 5.75 Å². The topological polar surface area (TPSA) is 98.1 Å². The number of rotatable bonds is 6. The predicted molar refractivity (Wildman–Crippen MR) is 90.4 cm³/mol. The van der Waals surface area contributed by atoms with E-state index in [0.717, 1.165) is 5.69 Å². The number of amides is 3. The SMILES string of the molecule is CCNC(=O)NC(=O)C(C)Sc1nncn1-c1cccc(OC)c1. The number of nitrogens with one attached hydrogen (secondary N) is 2. The Kier molecular flexibility index (Phi) is 6.19. The van der Waals surface area contributed by atoms with Crippen molar-refractivity contribution >= 4 is 23.7 Å². The van der Waals surface area contributed by atoms with Gasteiger partial charge in [0.05, 0.1) is 18.0 Å². The molecule has 0 saturated carbocycles. The highest BCUT2D eigenvalue weighted by Gasteiger charge is 2.20. The second-order valence-corrected chi connectivity index (χ2v) is 6.10. The van der Waals surface area contributed by atoms with E-state index in [9.17, 15) is 9.59 Å². The predicted octanol–water partition coefficient (Wildman–Crippen LogP) is 1.60. The smallest absolute Gasteiger partial charge is 0.321 e. The monoisotopic (exact) mass is 349 g/mol. The van der Waals surface area contributed by atoms with Crippen LogP contribution in [0.4, 0.5) is 4.79 Å². The van der Waals surface area contributed by atoms with Crippen LogP contribution in [0.25, 0.3) is 5.69 Å². The zero-order valence-corrected chi connectivity index (χ0v) is 14.5. The maximum Gasteiger partial charge on any atom is 0.321 e. The number of hydrogen-bond acceptors (Lipinski definition) is 6. The lowest BCUT2D eigenvalue weighted by atomic mass is 10.3. The van der Waals surface area contributed by atoms with E-state index in [4.69, 9.17) is 4.74 Å². The highest BCUT2D eigenvalue weighted by Crippen LogP contribution is 2.25. The standard InChI is InChI=1S/C15H19N5O3S/c1-4-16-14(22)18-13(21)10(2)24-15-19-17-9-20(15)11-6-5-7-12(8-11)23-3/h5-10H,4H2,1-3H3,(H2,16,18,21,22). The van der Waals surface area contributed by atoms with E-state index in [0.29, 0.717) is 17.5 Å². The van der Waals surface area contributed by atoms with Crippen LogP contribution in [0.2, 0.25) is 0 Å². The summed E-state index contributed by atoms with van der Waals surface area (Å²) in [5.41, 5.74) is 0.818. The summed E-state index contributed by atoms with van der Waals surface area (Å²) < 4.78 is 6.96. The van der Waals surface area contributed by atoms with Gasteiger partial charge in [-0.2, -0.15) is 0 Å². The van der Waals surface area contributed by atoms with Gasteiger partial charge < -0.3 is 10.1 Å². The average molecular weight is 349 g/mol. The Hall–Kier alpha value is -2.55. The Bertz CT molecular complexity index is 719. The van der Waals surface area contributed by atoms with Crippen molar-refractivity contribution in [2.24, 2.45) is 0 Å². The van der Waals surface area contributed by atoms with Gasteiger partial charge in [-0.1, -0.05) is 17.8 Å². The van der Waals surface area contributed by atoms with Crippen LogP contribution >= 0.6 is 11.8 Å². The molecule has 2 rings (SSSR count). The van der Waals surface area contributed by atoms with Crippen molar-refractivity contribution in [3.63, 3.8) is 0 Å². The van der Waals surface area contributed by atoms with E-state index in [1.165, 1.54) is 11.8 Å². The summed E-state index contributed by atoms with van der Waals surface area (Å²) in [5, 5.41) is 12.8. The van der Waals surface area contributed by atoms with Crippen molar-refractivity contribution in [2.75, 3.05) is 13.7 Å². The third kappa shape index (κ3) is 4.48. The van der Waals surface area contributed by atoms with Crippen LogP contribution in [0.1, 0.15) is 13.8 Å². The Balaban J connectivity index is 2.09. The number of methoxy groups -OCH3 is 1. The minimum Gasteiger partial charge on any atom is -0.497 e. The molecule has 2 aromatic rings. The number of carbonyl (C=O) groups is 2. The number of carbonyl (C=O) groups excluding carboxylic acids is 2. The number of ether oxygens (including phenoxy) is 1. The first-order valence-electron chi connectivity index (χ1n) is 7.35. The second kappa shape index (κ2) is 8.34. The Morgan fingerprint density at radius 3 is 2.92 bits per heavy atom. The van der Waals surface area contributed by atoms with Crippen molar-refractivity contribution in [1.29, 1.82) is 0 Å².